The number of nitrogens with one attached hydrogen (secondary N) is 3. The number of benzene rings is 2. The summed E-state index contributed by atoms with van der Waals surface area (Å²) in [6.07, 6.45) is 3.35. The predicted octanol–water partition coefficient (Wildman–Crippen LogP) is 3.29. The lowest BCUT2D eigenvalue weighted by Crippen LogP contribution is -2.43. The van der Waals surface area contributed by atoms with E-state index in [1.165, 1.54) is 6.08 Å². The van der Waals surface area contributed by atoms with Gasteiger partial charge < -0.3 is 30.6 Å². The molecule has 0 spiro atoms. The number of hydrogen-bond donors (Lipinski definition) is 3. The first-order valence-corrected chi connectivity index (χ1v) is 13.7. The van der Waals surface area contributed by atoms with Gasteiger partial charge in [-0.1, -0.05) is 15.3 Å². The van der Waals surface area contributed by atoms with Crippen molar-refractivity contribution in [2.45, 2.75) is 25.8 Å². The molecule has 2 saturated heterocycles. The molecule has 39 heavy (non-hydrogen) atoms. The van der Waals surface area contributed by atoms with E-state index >= 15 is 0 Å². The van der Waals surface area contributed by atoms with Crippen LogP contribution in [0.3, 0.4) is 0 Å². The highest BCUT2D eigenvalue weighted by Gasteiger charge is 2.20. The molecule has 2 fully saturated rings. The third-order valence-corrected chi connectivity index (χ3v) is 7.52. The zero-order valence-electron chi connectivity index (χ0n) is 22.4. The number of morpholine rings is 1. The fraction of sp³-hybridized carbons (Fsp3) is 0.379. The van der Waals surface area contributed by atoms with Gasteiger partial charge in [-0.25, -0.2) is 0 Å². The van der Waals surface area contributed by atoms with Crippen LogP contribution in [0.25, 0.3) is 0 Å². The molecule has 9 nitrogen and oxygen atoms in total. The van der Waals surface area contributed by atoms with Crippen molar-refractivity contribution in [3.05, 3.63) is 70.0 Å². The highest BCUT2D eigenvalue weighted by molar-refractivity contribution is 7.25. The van der Waals surface area contributed by atoms with Crippen LogP contribution < -0.4 is 15.5 Å². The number of carbonyl (C=O) groups excluding carboxylic acids is 2. The zero-order valence-corrected chi connectivity index (χ0v) is 23.6. The number of aryl methyl sites for hydroxylation is 1. The highest BCUT2D eigenvalue weighted by Crippen LogP contribution is 2.23. The van der Waals surface area contributed by atoms with Crippen molar-refractivity contribution < 1.29 is 14.3 Å². The van der Waals surface area contributed by atoms with Crippen LogP contribution in [-0.4, -0.2) is 74.9 Å². The average molecular weight is 547 g/mol. The van der Waals surface area contributed by atoms with E-state index in [0.29, 0.717) is 54.0 Å². The Balaban J connectivity index is 1.46. The van der Waals surface area contributed by atoms with E-state index in [0.717, 1.165) is 37.2 Å². The molecule has 0 radical (unpaired) electrons. The number of anilines is 2. The van der Waals surface area contributed by atoms with Crippen molar-refractivity contribution in [2.24, 2.45) is 0 Å². The van der Waals surface area contributed by atoms with Gasteiger partial charge in [0.2, 0.25) is 0 Å². The fourth-order valence-electron chi connectivity index (χ4n) is 4.72. The van der Waals surface area contributed by atoms with Crippen LogP contribution in [0, 0.1) is 23.7 Å². The summed E-state index contributed by atoms with van der Waals surface area (Å²) in [6.45, 7) is 6.37. The molecular formula is C29H35N6O3P. The fourth-order valence-corrected chi connectivity index (χ4v) is 4.97. The molecule has 0 aromatic heterocycles. The zero-order chi connectivity index (χ0) is 27.9. The van der Waals surface area contributed by atoms with Gasteiger partial charge in [0, 0.05) is 46.9 Å². The summed E-state index contributed by atoms with van der Waals surface area (Å²) >= 11 is 0. The molecule has 4 rings (SSSR count). The summed E-state index contributed by atoms with van der Waals surface area (Å²) in [7, 11) is 4.51. The first-order chi connectivity index (χ1) is 18.7. The number of hydrogen-bond acceptors (Lipinski definition) is 7. The number of nitrogens with zero attached hydrogens (tertiary/aromatic N) is 3. The Morgan fingerprint density at radius 2 is 1.85 bits per heavy atom. The van der Waals surface area contributed by atoms with E-state index in [4.69, 9.17) is 10.1 Å². The normalized spacial score (nSPS) is 16.9. The van der Waals surface area contributed by atoms with Gasteiger partial charge in [0.25, 0.3) is 11.8 Å². The Hall–Kier alpha value is -3.57. The standard InChI is InChI=1S/C29H35N6O3P/c1-19-3-4-23(16-25(19)26(31)17-27(39)29(37)32-22-5-7-34(2)8-6-22)33-28(36)21-13-20(18-30)14-24(15-21)35-9-11-38-12-10-35/h3-4,13-17,22,31H,5-12,39H2,1-2H3,(H,32,37)(H,33,36)/b27-17-,31-26?. The Morgan fingerprint density at radius 3 is 2.54 bits per heavy atom. The lowest BCUT2D eigenvalue weighted by molar-refractivity contribution is -0.117. The van der Waals surface area contributed by atoms with Gasteiger partial charge in [-0.15, -0.1) is 0 Å². The number of amides is 2. The van der Waals surface area contributed by atoms with Gasteiger partial charge >= 0.3 is 0 Å². The van der Waals surface area contributed by atoms with Crippen LogP contribution in [0.5, 0.6) is 0 Å². The van der Waals surface area contributed by atoms with E-state index < -0.39 is 0 Å². The topological polar surface area (TPSA) is 122 Å². The number of rotatable bonds is 7. The number of piperidine rings is 1. The molecule has 1 unspecified atom stereocenters. The SMILES string of the molecule is Cc1ccc(NC(=O)c2cc(C#N)cc(N3CCOCC3)c2)cc1C(=N)/C=C(\P)C(=O)NC1CCN(C)CC1. The Labute approximate surface area is 231 Å². The molecular weight excluding hydrogens is 511 g/mol. The van der Waals surface area contributed by atoms with Gasteiger partial charge in [0.15, 0.2) is 0 Å². The Bertz CT molecular complexity index is 1320. The van der Waals surface area contributed by atoms with Gasteiger partial charge in [-0.3, -0.25) is 9.59 Å². The molecule has 3 N–H and O–H groups in total. The van der Waals surface area contributed by atoms with Crippen molar-refractivity contribution in [3.63, 3.8) is 0 Å². The molecule has 204 valence electrons. The lowest BCUT2D eigenvalue weighted by Gasteiger charge is -2.29. The minimum atomic E-state index is -0.345. The molecule has 2 aromatic carbocycles. The summed E-state index contributed by atoms with van der Waals surface area (Å²) in [5.41, 5.74) is 3.76. The first-order valence-electron chi connectivity index (χ1n) is 13.1. The number of nitriles is 1. The Kier molecular flexibility index (Phi) is 9.47. The van der Waals surface area contributed by atoms with Gasteiger partial charge in [-0.2, -0.15) is 5.26 Å². The molecule has 0 bridgehead atoms. The van der Waals surface area contributed by atoms with Gasteiger partial charge in [0.05, 0.1) is 30.6 Å². The molecule has 2 amide bonds. The number of likely N-dealkylation sites (tertiary alicyclic amines) is 1. The monoisotopic (exact) mass is 546 g/mol. The third kappa shape index (κ3) is 7.51. The number of carbonyl (C=O) groups is 2. The van der Waals surface area contributed by atoms with E-state index in [2.05, 4.69) is 42.8 Å². The summed E-state index contributed by atoms with van der Waals surface area (Å²) in [6, 6.07) is 12.8. The van der Waals surface area contributed by atoms with E-state index in [-0.39, 0.29) is 23.6 Å². The van der Waals surface area contributed by atoms with Crippen molar-refractivity contribution in [1.29, 1.82) is 10.7 Å². The third-order valence-electron chi connectivity index (χ3n) is 7.09. The second kappa shape index (κ2) is 13.0. The smallest absolute Gasteiger partial charge is 0.255 e. The minimum Gasteiger partial charge on any atom is -0.378 e. The summed E-state index contributed by atoms with van der Waals surface area (Å²) in [5, 5.41) is 24.5. The number of allylic oxidation sites excluding steroid dienone is 1. The average Bonchev–Trinajstić information content (AvgIpc) is 2.95. The van der Waals surface area contributed by atoms with Crippen LogP contribution in [0.4, 0.5) is 11.4 Å². The first kappa shape index (κ1) is 28.4. The van der Waals surface area contributed by atoms with Crippen molar-refractivity contribution >= 4 is 38.1 Å². The summed E-state index contributed by atoms with van der Waals surface area (Å²) in [5.74, 6) is -0.544. The molecule has 0 aliphatic carbocycles. The largest absolute Gasteiger partial charge is 0.378 e. The molecule has 10 heteroatoms. The van der Waals surface area contributed by atoms with Crippen LogP contribution in [0.1, 0.15) is 39.9 Å². The lowest BCUT2D eigenvalue weighted by atomic mass is 10.0. The molecule has 0 saturated carbocycles. The molecule has 2 aliphatic heterocycles. The molecule has 2 aliphatic rings. The quantitative estimate of drug-likeness (QED) is 0.278. The van der Waals surface area contributed by atoms with Crippen LogP contribution in [-0.2, 0) is 9.53 Å². The minimum absolute atomic E-state index is 0.135. The second-order valence-electron chi connectivity index (χ2n) is 10.0. The van der Waals surface area contributed by atoms with Gasteiger partial charge in [-0.05, 0) is 81.9 Å². The molecule has 2 heterocycles. The highest BCUT2D eigenvalue weighted by atomic mass is 31.0. The maximum atomic E-state index is 13.2. The van der Waals surface area contributed by atoms with Crippen molar-refractivity contribution in [3.8, 4) is 6.07 Å². The number of ether oxygens (including phenoxy) is 1. The van der Waals surface area contributed by atoms with E-state index in [1.54, 1.807) is 30.3 Å². The summed E-state index contributed by atoms with van der Waals surface area (Å²) in [4.78, 5) is 30.2. The van der Waals surface area contributed by atoms with E-state index in [9.17, 15) is 14.9 Å². The maximum absolute atomic E-state index is 13.2. The maximum Gasteiger partial charge on any atom is 0.255 e. The van der Waals surface area contributed by atoms with Crippen LogP contribution in [0.15, 0.2) is 47.8 Å². The predicted molar refractivity (Wildman–Crippen MR) is 157 cm³/mol. The van der Waals surface area contributed by atoms with Crippen LogP contribution >= 0.6 is 9.24 Å². The Morgan fingerprint density at radius 1 is 1.13 bits per heavy atom. The molecule has 1 atom stereocenters. The van der Waals surface area contributed by atoms with E-state index in [1.807, 2.05) is 13.0 Å². The second-order valence-corrected chi connectivity index (χ2v) is 10.6. The summed E-state index contributed by atoms with van der Waals surface area (Å²) < 4.78 is 5.42. The van der Waals surface area contributed by atoms with Crippen LogP contribution in [0.2, 0.25) is 0 Å². The van der Waals surface area contributed by atoms with Crippen molar-refractivity contribution in [1.82, 2.24) is 10.2 Å². The molecule has 2 aromatic rings. The van der Waals surface area contributed by atoms with Crippen molar-refractivity contribution in [2.75, 3.05) is 56.7 Å². The van der Waals surface area contributed by atoms with Gasteiger partial charge in [0.1, 0.15) is 0 Å².